The van der Waals surface area contributed by atoms with E-state index >= 15 is 0 Å². The van der Waals surface area contributed by atoms with Gasteiger partial charge in [-0.2, -0.15) is 0 Å². The van der Waals surface area contributed by atoms with Crippen molar-refractivity contribution in [3.05, 3.63) is 27.5 Å². The molecule has 1 aromatic heterocycles. The molecule has 0 saturated heterocycles. The Bertz CT molecular complexity index is 444. The zero-order valence-corrected chi connectivity index (χ0v) is 14.3. The van der Waals surface area contributed by atoms with Gasteiger partial charge in [0.2, 0.25) is 0 Å². The van der Waals surface area contributed by atoms with Gasteiger partial charge in [0.15, 0.2) is 0 Å². The zero-order chi connectivity index (χ0) is 14.6. The lowest BCUT2D eigenvalue weighted by Crippen LogP contribution is -2.38. The summed E-state index contributed by atoms with van der Waals surface area (Å²) in [6.45, 7) is 10.0. The molecule has 1 aliphatic rings. The Hall–Kier alpha value is -0.600. The lowest BCUT2D eigenvalue weighted by molar-refractivity contribution is 0.378. The van der Waals surface area contributed by atoms with E-state index < -0.39 is 0 Å². The Kier molecular flexibility index (Phi) is 5.45. The smallest absolute Gasteiger partial charge is 0.0299 e. The Labute approximate surface area is 128 Å². The van der Waals surface area contributed by atoms with Crippen molar-refractivity contribution in [1.82, 2.24) is 5.32 Å². The third-order valence-corrected chi connectivity index (χ3v) is 5.14. The van der Waals surface area contributed by atoms with Gasteiger partial charge in [-0.3, -0.25) is 0 Å². The van der Waals surface area contributed by atoms with Gasteiger partial charge in [0.25, 0.3) is 0 Å². The highest BCUT2D eigenvalue weighted by molar-refractivity contribution is 7.11. The van der Waals surface area contributed by atoms with Crippen LogP contribution in [-0.2, 0) is 0 Å². The molecule has 0 aliphatic heterocycles. The number of aryl methyl sites for hydroxylation is 1. The molecule has 2 heteroatoms. The first-order chi connectivity index (χ1) is 9.46. The molecule has 0 amide bonds. The minimum Gasteiger partial charge on any atom is -0.308 e. The molecule has 112 valence electrons. The number of rotatable bonds is 4. The van der Waals surface area contributed by atoms with E-state index in [1.54, 1.807) is 5.57 Å². The highest BCUT2D eigenvalue weighted by Crippen LogP contribution is 2.32. The summed E-state index contributed by atoms with van der Waals surface area (Å²) < 4.78 is 0. The monoisotopic (exact) mass is 291 g/mol. The minimum absolute atomic E-state index is 0.193. The molecule has 0 atom stereocenters. The first kappa shape index (κ1) is 15.8. The predicted molar refractivity (Wildman–Crippen MR) is 91.4 cm³/mol. The van der Waals surface area contributed by atoms with Crippen LogP contribution in [0.15, 0.2) is 17.0 Å². The van der Waals surface area contributed by atoms with E-state index in [2.05, 4.69) is 50.5 Å². The van der Waals surface area contributed by atoms with Crippen LogP contribution in [0.5, 0.6) is 0 Å². The number of thiophene rings is 1. The third-order valence-electron chi connectivity index (χ3n) is 4.17. The van der Waals surface area contributed by atoms with Gasteiger partial charge in [0, 0.05) is 17.0 Å². The maximum atomic E-state index is 3.69. The highest BCUT2D eigenvalue weighted by Gasteiger charge is 2.20. The van der Waals surface area contributed by atoms with E-state index in [0.717, 1.165) is 12.5 Å². The number of nitrogens with one attached hydrogen (secondary N) is 1. The van der Waals surface area contributed by atoms with Crippen molar-refractivity contribution < 1.29 is 0 Å². The molecule has 1 nitrogen and oxygen atoms in total. The van der Waals surface area contributed by atoms with Crippen LogP contribution in [0.25, 0.3) is 6.08 Å². The number of hydrogen-bond donors (Lipinski definition) is 1. The first-order valence-corrected chi connectivity index (χ1v) is 8.83. The molecule has 0 spiro atoms. The quantitative estimate of drug-likeness (QED) is 0.782. The highest BCUT2D eigenvalue weighted by atomic mass is 32.1. The van der Waals surface area contributed by atoms with Crippen LogP contribution in [0.3, 0.4) is 0 Å². The van der Waals surface area contributed by atoms with Gasteiger partial charge >= 0.3 is 0 Å². The maximum absolute atomic E-state index is 3.69. The van der Waals surface area contributed by atoms with Gasteiger partial charge in [-0.25, -0.2) is 0 Å². The topological polar surface area (TPSA) is 12.0 Å². The lowest BCUT2D eigenvalue weighted by Gasteiger charge is -2.28. The molecule has 2 rings (SSSR count). The Morgan fingerprint density at radius 3 is 2.55 bits per heavy atom. The van der Waals surface area contributed by atoms with Crippen LogP contribution in [0.2, 0.25) is 0 Å². The SMILES string of the molecule is Cc1ccsc1/C=C(/CNC(C)(C)C)C1CCCCC1. The first-order valence-electron chi connectivity index (χ1n) is 7.95. The van der Waals surface area contributed by atoms with Crippen LogP contribution >= 0.6 is 11.3 Å². The Morgan fingerprint density at radius 1 is 1.30 bits per heavy atom. The fraction of sp³-hybridized carbons (Fsp3) is 0.667. The van der Waals surface area contributed by atoms with E-state index in [1.165, 1.54) is 42.5 Å². The molecule has 1 saturated carbocycles. The second kappa shape index (κ2) is 6.91. The Morgan fingerprint density at radius 2 is 2.00 bits per heavy atom. The van der Waals surface area contributed by atoms with Crippen LogP contribution in [0, 0.1) is 12.8 Å². The summed E-state index contributed by atoms with van der Waals surface area (Å²) >= 11 is 1.87. The van der Waals surface area contributed by atoms with E-state index in [-0.39, 0.29) is 5.54 Å². The molecule has 0 radical (unpaired) electrons. The van der Waals surface area contributed by atoms with E-state index in [9.17, 15) is 0 Å². The summed E-state index contributed by atoms with van der Waals surface area (Å²) in [6.07, 6.45) is 9.45. The van der Waals surface area contributed by atoms with Gasteiger partial charge in [0.1, 0.15) is 0 Å². The van der Waals surface area contributed by atoms with Gasteiger partial charge < -0.3 is 5.32 Å². The van der Waals surface area contributed by atoms with E-state index in [1.807, 2.05) is 11.3 Å². The molecule has 0 bridgehead atoms. The van der Waals surface area contributed by atoms with Crippen molar-refractivity contribution in [1.29, 1.82) is 0 Å². The molecule has 1 N–H and O–H groups in total. The summed E-state index contributed by atoms with van der Waals surface area (Å²) in [5.41, 5.74) is 3.22. The molecule has 20 heavy (non-hydrogen) atoms. The van der Waals surface area contributed by atoms with Crippen molar-refractivity contribution in [3.63, 3.8) is 0 Å². The minimum atomic E-state index is 0.193. The fourth-order valence-electron chi connectivity index (χ4n) is 2.85. The molecule has 0 unspecified atom stereocenters. The van der Waals surface area contributed by atoms with Crippen LogP contribution in [0.4, 0.5) is 0 Å². The standard InChI is InChI=1S/C18H29NS/c1-14-10-11-20-17(14)12-16(13-19-18(2,3)4)15-8-6-5-7-9-15/h10-12,15,19H,5-9,13H2,1-4H3/b16-12-. The van der Waals surface area contributed by atoms with E-state index in [0.29, 0.717) is 0 Å². The molecule has 1 aromatic rings. The second-order valence-electron chi connectivity index (χ2n) is 7.13. The predicted octanol–water partition coefficient (Wildman–Crippen LogP) is 5.41. The average molecular weight is 292 g/mol. The molecule has 1 heterocycles. The third kappa shape index (κ3) is 4.75. The summed E-state index contributed by atoms with van der Waals surface area (Å²) in [4.78, 5) is 1.45. The van der Waals surface area contributed by atoms with Crippen molar-refractivity contribution in [2.45, 2.75) is 65.3 Å². The van der Waals surface area contributed by atoms with Crippen molar-refractivity contribution >= 4 is 17.4 Å². The largest absolute Gasteiger partial charge is 0.308 e. The Balaban J connectivity index is 2.14. The van der Waals surface area contributed by atoms with Crippen molar-refractivity contribution in [2.24, 2.45) is 5.92 Å². The molecule has 1 fully saturated rings. The maximum Gasteiger partial charge on any atom is 0.0299 e. The van der Waals surface area contributed by atoms with E-state index in [4.69, 9.17) is 0 Å². The fourth-order valence-corrected chi connectivity index (χ4v) is 3.75. The summed E-state index contributed by atoms with van der Waals surface area (Å²) in [6, 6.07) is 2.23. The molecular weight excluding hydrogens is 262 g/mol. The van der Waals surface area contributed by atoms with Gasteiger partial charge in [-0.1, -0.05) is 24.8 Å². The number of hydrogen-bond acceptors (Lipinski definition) is 2. The zero-order valence-electron chi connectivity index (χ0n) is 13.5. The van der Waals surface area contributed by atoms with Crippen molar-refractivity contribution in [2.75, 3.05) is 6.54 Å². The van der Waals surface area contributed by atoms with Gasteiger partial charge in [-0.15, -0.1) is 11.3 Å². The van der Waals surface area contributed by atoms with Crippen LogP contribution < -0.4 is 5.32 Å². The lowest BCUT2D eigenvalue weighted by atomic mass is 9.83. The van der Waals surface area contributed by atoms with Crippen LogP contribution in [0.1, 0.15) is 63.3 Å². The average Bonchev–Trinajstić information content (AvgIpc) is 2.80. The second-order valence-corrected chi connectivity index (χ2v) is 8.07. The van der Waals surface area contributed by atoms with Gasteiger partial charge in [-0.05, 0) is 69.5 Å². The van der Waals surface area contributed by atoms with Crippen molar-refractivity contribution in [3.8, 4) is 0 Å². The molecule has 0 aromatic carbocycles. The summed E-state index contributed by atoms with van der Waals surface area (Å²) in [5, 5.41) is 5.89. The summed E-state index contributed by atoms with van der Waals surface area (Å²) in [5.74, 6) is 0.792. The van der Waals surface area contributed by atoms with Crippen LogP contribution in [-0.4, -0.2) is 12.1 Å². The molecular formula is C18H29NS. The summed E-state index contributed by atoms with van der Waals surface area (Å²) in [7, 11) is 0. The molecule has 1 aliphatic carbocycles. The normalized spacial score (nSPS) is 18.5. The van der Waals surface area contributed by atoms with Gasteiger partial charge in [0.05, 0.1) is 0 Å².